The van der Waals surface area contributed by atoms with Gasteiger partial charge in [-0.2, -0.15) is 0 Å². The van der Waals surface area contributed by atoms with Crippen molar-refractivity contribution in [3.05, 3.63) is 30.3 Å². The molecule has 0 radical (unpaired) electrons. The summed E-state index contributed by atoms with van der Waals surface area (Å²) in [5.74, 6) is -2.79. The van der Waals surface area contributed by atoms with Crippen LogP contribution in [0.4, 0.5) is 10.5 Å². The highest BCUT2D eigenvalue weighted by atomic mass is 16.5. The molecule has 130 valence electrons. The van der Waals surface area contributed by atoms with Gasteiger partial charge in [-0.15, -0.1) is 0 Å². The summed E-state index contributed by atoms with van der Waals surface area (Å²) in [5, 5.41) is 11.0. The van der Waals surface area contributed by atoms with Gasteiger partial charge in [-0.3, -0.25) is 14.5 Å². The monoisotopic (exact) mass is 337 g/mol. The Balaban J connectivity index is 3.24. The minimum absolute atomic E-state index is 0.349. The summed E-state index contributed by atoms with van der Waals surface area (Å²) in [6.07, 6.45) is -0.682. The van der Waals surface area contributed by atoms with Crippen LogP contribution in [0.25, 0.3) is 0 Å². The number of carbonyl (C=O) groups excluding carboxylic acids is 3. The van der Waals surface area contributed by atoms with Gasteiger partial charge in [0.25, 0.3) is 5.91 Å². The van der Waals surface area contributed by atoms with E-state index in [1.807, 2.05) is 0 Å². The first-order chi connectivity index (χ1) is 11.3. The van der Waals surface area contributed by atoms with E-state index < -0.39 is 42.4 Å². The van der Waals surface area contributed by atoms with Gasteiger partial charge in [0, 0.05) is 5.69 Å². The summed E-state index contributed by atoms with van der Waals surface area (Å²) < 4.78 is 4.65. The highest BCUT2D eigenvalue weighted by Gasteiger charge is 2.34. The second-order valence-corrected chi connectivity index (χ2v) is 4.90. The van der Waals surface area contributed by atoms with Crippen LogP contribution in [0.3, 0.4) is 0 Å². The molecule has 0 aromatic heterocycles. The van der Waals surface area contributed by atoms with Crippen LogP contribution in [0.2, 0.25) is 0 Å². The third kappa shape index (κ3) is 4.97. The second-order valence-electron chi connectivity index (χ2n) is 4.90. The summed E-state index contributed by atoms with van der Waals surface area (Å²) in [6.45, 7) is 1.43. The Morgan fingerprint density at radius 3 is 2.29 bits per heavy atom. The largest absolute Gasteiger partial charge is 0.481 e. The highest BCUT2D eigenvalue weighted by Crippen LogP contribution is 2.19. The maximum Gasteiger partial charge on any atom is 0.328 e. The van der Waals surface area contributed by atoms with E-state index in [0.29, 0.717) is 5.69 Å². The summed E-state index contributed by atoms with van der Waals surface area (Å²) >= 11 is 0. The van der Waals surface area contributed by atoms with Crippen molar-refractivity contribution < 1.29 is 29.0 Å². The third-order valence-electron chi connectivity index (χ3n) is 3.19. The molecule has 0 spiro atoms. The number of primary amides is 1. The van der Waals surface area contributed by atoms with Gasteiger partial charge in [0.05, 0.1) is 13.5 Å². The van der Waals surface area contributed by atoms with Crippen LogP contribution in [0.5, 0.6) is 0 Å². The number of benzene rings is 1. The molecule has 1 rings (SSSR count). The smallest absolute Gasteiger partial charge is 0.328 e. The van der Waals surface area contributed by atoms with Gasteiger partial charge >= 0.3 is 18.0 Å². The third-order valence-corrected chi connectivity index (χ3v) is 3.19. The SMILES string of the molecule is COC(=O)[C@H](C)N(C(=O)[C@H](CC(=O)O)NC(N)=O)c1ccccc1. The lowest BCUT2D eigenvalue weighted by Gasteiger charge is -2.30. The molecule has 0 saturated carbocycles. The number of methoxy groups -OCH3 is 1. The summed E-state index contributed by atoms with van der Waals surface area (Å²) in [4.78, 5) is 47.7. The first-order valence-corrected chi connectivity index (χ1v) is 7.01. The molecule has 1 aromatic carbocycles. The Hall–Kier alpha value is -3.10. The molecule has 0 fully saturated rings. The molecule has 0 unspecified atom stereocenters. The highest BCUT2D eigenvalue weighted by molar-refractivity contribution is 6.04. The van der Waals surface area contributed by atoms with Crippen molar-refractivity contribution >= 4 is 29.6 Å². The molecule has 2 atom stereocenters. The predicted octanol–water partition coefficient (Wildman–Crippen LogP) is 0.0927. The van der Waals surface area contributed by atoms with E-state index in [0.717, 1.165) is 4.90 Å². The lowest BCUT2D eigenvalue weighted by atomic mass is 10.1. The number of nitrogens with two attached hydrogens (primary N) is 1. The van der Waals surface area contributed by atoms with Gasteiger partial charge in [-0.05, 0) is 19.1 Å². The molecule has 0 aliphatic heterocycles. The Bertz CT molecular complexity index is 603. The van der Waals surface area contributed by atoms with Crippen LogP contribution in [0, 0.1) is 0 Å². The van der Waals surface area contributed by atoms with Crippen molar-refractivity contribution in [2.45, 2.75) is 25.4 Å². The number of hydrogen-bond donors (Lipinski definition) is 3. The molecule has 1 aromatic rings. The number of urea groups is 1. The Morgan fingerprint density at radius 2 is 1.83 bits per heavy atom. The molecule has 9 heteroatoms. The Labute approximate surface area is 138 Å². The maximum atomic E-state index is 12.8. The molecule has 24 heavy (non-hydrogen) atoms. The van der Waals surface area contributed by atoms with Gasteiger partial charge in [-0.25, -0.2) is 9.59 Å². The quantitative estimate of drug-likeness (QED) is 0.603. The lowest BCUT2D eigenvalue weighted by molar-refractivity contribution is -0.143. The molecule has 9 nitrogen and oxygen atoms in total. The zero-order valence-electron chi connectivity index (χ0n) is 13.3. The van der Waals surface area contributed by atoms with Crippen molar-refractivity contribution in [1.29, 1.82) is 0 Å². The van der Waals surface area contributed by atoms with Crippen molar-refractivity contribution in [3.63, 3.8) is 0 Å². The van der Waals surface area contributed by atoms with Crippen molar-refractivity contribution in [2.75, 3.05) is 12.0 Å². The fourth-order valence-electron chi connectivity index (χ4n) is 2.12. The molecule has 4 N–H and O–H groups in total. The first kappa shape index (κ1) is 18.9. The van der Waals surface area contributed by atoms with Crippen LogP contribution in [0.15, 0.2) is 30.3 Å². The number of para-hydroxylation sites is 1. The summed E-state index contributed by atoms with van der Waals surface area (Å²) in [7, 11) is 1.17. The van der Waals surface area contributed by atoms with E-state index in [1.165, 1.54) is 14.0 Å². The molecule has 0 bridgehead atoms. The number of esters is 1. The van der Waals surface area contributed by atoms with Crippen molar-refractivity contribution in [3.8, 4) is 0 Å². The Kier molecular flexibility index (Phi) is 6.72. The molecule has 3 amide bonds. The summed E-state index contributed by atoms with van der Waals surface area (Å²) in [6, 6.07) is 4.64. The fourth-order valence-corrected chi connectivity index (χ4v) is 2.12. The summed E-state index contributed by atoms with van der Waals surface area (Å²) in [5.41, 5.74) is 5.35. The van der Waals surface area contributed by atoms with Gasteiger partial charge in [0.15, 0.2) is 0 Å². The van der Waals surface area contributed by atoms with Crippen molar-refractivity contribution in [2.24, 2.45) is 5.73 Å². The molecule has 0 heterocycles. The topological polar surface area (TPSA) is 139 Å². The Morgan fingerprint density at radius 1 is 1.25 bits per heavy atom. The van der Waals surface area contributed by atoms with Crippen molar-refractivity contribution in [1.82, 2.24) is 5.32 Å². The number of carboxylic acid groups (broad SMARTS) is 1. The van der Waals surface area contributed by atoms with E-state index in [2.05, 4.69) is 10.1 Å². The van der Waals surface area contributed by atoms with Crippen LogP contribution >= 0.6 is 0 Å². The number of carbonyl (C=O) groups is 4. The minimum atomic E-state index is -1.42. The van der Waals surface area contributed by atoms with E-state index in [9.17, 15) is 19.2 Å². The predicted molar refractivity (Wildman–Crippen MR) is 84.2 cm³/mol. The van der Waals surface area contributed by atoms with Gasteiger partial charge < -0.3 is 20.9 Å². The van der Waals surface area contributed by atoms with E-state index in [-0.39, 0.29) is 0 Å². The van der Waals surface area contributed by atoms with Gasteiger partial charge in [0.1, 0.15) is 12.1 Å². The number of anilines is 1. The van der Waals surface area contributed by atoms with Crippen LogP contribution in [0.1, 0.15) is 13.3 Å². The number of aliphatic carboxylic acids is 1. The van der Waals surface area contributed by atoms with Crippen LogP contribution in [-0.4, -0.2) is 48.2 Å². The molecule has 0 aliphatic rings. The minimum Gasteiger partial charge on any atom is -0.481 e. The average molecular weight is 337 g/mol. The van der Waals surface area contributed by atoms with E-state index in [1.54, 1.807) is 30.3 Å². The first-order valence-electron chi connectivity index (χ1n) is 7.01. The van der Waals surface area contributed by atoms with Gasteiger partial charge in [-0.1, -0.05) is 18.2 Å². The fraction of sp³-hybridized carbons (Fsp3) is 0.333. The molecular formula is C15H19N3O6. The number of carboxylic acids is 1. The number of ether oxygens (including phenoxy) is 1. The zero-order valence-corrected chi connectivity index (χ0v) is 13.3. The van der Waals surface area contributed by atoms with Crippen LogP contribution in [-0.2, 0) is 19.1 Å². The van der Waals surface area contributed by atoms with E-state index >= 15 is 0 Å². The van der Waals surface area contributed by atoms with E-state index in [4.69, 9.17) is 10.8 Å². The van der Waals surface area contributed by atoms with Gasteiger partial charge in [0.2, 0.25) is 0 Å². The average Bonchev–Trinajstić information content (AvgIpc) is 2.53. The number of nitrogens with zero attached hydrogens (tertiary/aromatic N) is 1. The number of hydrogen-bond acceptors (Lipinski definition) is 5. The molecule has 0 aliphatic carbocycles. The lowest BCUT2D eigenvalue weighted by Crippen LogP contribution is -2.55. The maximum absolute atomic E-state index is 12.8. The number of rotatable bonds is 7. The number of nitrogens with one attached hydrogen (secondary N) is 1. The molecule has 0 saturated heterocycles. The van der Waals surface area contributed by atoms with Crippen LogP contribution < -0.4 is 16.0 Å². The zero-order chi connectivity index (χ0) is 18.3. The number of amides is 3. The normalized spacial score (nSPS) is 12.6. The standard InChI is InChI=1S/C15H19N3O6/c1-9(14(22)24-2)18(10-6-4-3-5-7-10)13(21)11(8-12(19)20)17-15(16)23/h3-7,9,11H,8H2,1-2H3,(H,19,20)(H3,16,17,23)/t9-,11-/m0/s1. The molecular weight excluding hydrogens is 318 g/mol. The second kappa shape index (κ2) is 8.51.